The van der Waals surface area contributed by atoms with E-state index in [0.29, 0.717) is 22.9 Å². The molecule has 28 heavy (non-hydrogen) atoms. The molecule has 1 amide bonds. The number of methoxy groups -OCH3 is 1. The zero-order valence-electron chi connectivity index (χ0n) is 15.4. The Labute approximate surface area is 165 Å². The Kier molecular flexibility index (Phi) is 5.75. The molecule has 7 nitrogen and oxygen atoms in total. The Balaban J connectivity index is 1.90. The van der Waals surface area contributed by atoms with E-state index in [0.717, 1.165) is 5.56 Å². The van der Waals surface area contributed by atoms with Gasteiger partial charge in [-0.2, -0.15) is 0 Å². The molecule has 0 aliphatic carbocycles. The summed E-state index contributed by atoms with van der Waals surface area (Å²) in [7, 11) is 1.20. The van der Waals surface area contributed by atoms with Crippen molar-refractivity contribution in [1.82, 2.24) is 14.9 Å². The van der Waals surface area contributed by atoms with E-state index in [4.69, 9.17) is 11.6 Å². The summed E-state index contributed by atoms with van der Waals surface area (Å²) in [5, 5.41) is 3.66. The number of nitrogens with one attached hydrogen (secondary N) is 1. The highest BCUT2D eigenvalue weighted by molar-refractivity contribution is 6.30. The van der Waals surface area contributed by atoms with Crippen molar-refractivity contribution in [3.8, 4) is 0 Å². The maximum absolute atomic E-state index is 12.6. The molecule has 0 bridgehead atoms. The summed E-state index contributed by atoms with van der Waals surface area (Å²) in [6, 6.07) is 10.4. The number of hydrogen-bond acceptors (Lipinski definition) is 5. The fourth-order valence-corrected chi connectivity index (χ4v) is 2.88. The maximum atomic E-state index is 12.6. The van der Waals surface area contributed by atoms with E-state index in [1.165, 1.54) is 17.9 Å². The predicted molar refractivity (Wildman–Crippen MR) is 105 cm³/mol. The molecule has 2 heterocycles. The summed E-state index contributed by atoms with van der Waals surface area (Å²) in [6.45, 7) is 2.00. The highest BCUT2D eigenvalue weighted by Crippen LogP contribution is 2.12. The first-order valence-electron chi connectivity index (χ1n) is 8.49. The van der Waals surface area contributed by atoms with Crippen LogP contribution in [0.25, 0.3) is 11.0 Å². The van der Waals surface area contributed by atoms with Crippen LogP contribution in [0, 0.1) is 6.92 Å². The Bertz CT molecular complexity index is 1110. The van der Waals surface area contributed by atoms with Gasteiger partial charge in [-0.1, -0.05) is 23.7 Å². The highest BCUT2D eigenvalue weighted by atomic mass is 35.5. The number of carbonyl (C=O) groups excluding carboxylic acids is 2. The zero-order valence-corrected chi connectivity index (χ0v) is 16.1. The Morgan fingerprint density at radius 2 is 1.89 bits per heavy atom. The van der Waals surface area contributed by atoms with Crippen LogP contribution in [-0.4, -0.2) is 28.5 Å². The molecule has 0 unspecified atom stereocenters. The average molecular weight is 400 g/mol. The number of hydrogen-bond donors (Lipinski definition) is 1. The summed E-state index contributed by atoms with van der Waals surface area (Å²) in [4.78, 5) is 41.3. The molecule has 2 aromatic heterocycles. The number of benzene rings is 1. The van der Waals surface area contributed by atoms with Crippen molar-refractivity contribution in [3.05, 3.63) is 74.7 Å². The standard InChI is InChI=1S/C20H18ClN3O4/c1-12-3-8-15-18(26)16(20(27)28-2)10-24(19(15)23-12)11-17(25)22-9-13-4-6-14(21)7-5-13/h3-8,10H,9,11H2,1-2H3,(H,22,25). The third kappa shape index (κ3) is 4.20. The van der Waals surface area contributed by atoms with Crippen molar-refractivity contribution in [1.29, 1.82) is 0 Å². The molecule has 0 atom stereocenters. The van der Waals surface area contributed by atoms with Crippen molar-refractivity contribution >= 4 is 34.5 Å². The average Bonchev–Trinajstić information content (AvgIpc) is 2.69. The van der Waals surface area contributed by atoms with Crippen LogP contribution in [0.2, 0.25) is 5.02 Å². The Morgan fingerprint density at radius 1 is 1.18 bits per heavy atom. The van der Waals surface area contributed by atoms with Crippen LogP contribution in [-0.2, 0) is 22.6 Å². The van der Waals surface area contributed by atoms with Crippen molar-refractivity contribution in [3.63, 3.8) is 0 Å². The summed E-state index contributed by atoms with van der Waals surface area (Å²) >= 11 is 5.85. The highest BCUT2D eigenvalue weighted by Gasteiger charge is 2.18. The van der Waals surface area contributed by atoms with Crippen LogP contribution < -0.4 is 10.7 Å². The first-order chi connectivity index (χ1) is 13.4. The van der Waals surface area contributed by atoms with Gasteiger partial charge in [0.2, 0.25) is 11.3 Å². The topological polar surface area (TPSA) is 90.3 Å². The molecular weight excluding hydrogens is 382 g/mol. The summed E-state index contributed by atoms with van der Waals surface area (Å²) in [5.41, 5.74) is 1.29. The monoisotopic (exact) mass is 399 g/mol. The molecule has 3 rings (SSSR count). The second kappa shape index (κ2) is 8.22. The lowest BCUT2D eigenvalue weighted by atomic mass is 10.2. The quantitative estimate of drug-likeness (QED) is 0.665. The van der Waals surface area contributed by atoms with Gasteiger partial charge in [-0.05, 0) is 36.8 Å². The van der Waals surface area contributed by atoms with E-state index in [-0.39, 0.29) is 23.4 Å². The summed E-state index contributed by atoms with van der Waals surface area (Å²) < 4.78 is 6.16. The first-order valence-corrected chi connectivity index (χ1v) is 8.87. The zero-order chi connectivity index (χ0) is 20.3. The van der Waals surface area contributed by atoms with Crippen molar-refractivity contribution < 1.29 is 14.3 Å². The van der Waals surface area contributed by atoms with Crippen LogP contribution >= 0.6 is 11.6 Å². The summed E-state index contributed by atoms with van der Waals surface area (Å²) in [5.74, 6) is -1.05. The summed E-state index contributed by atoms with van der Waals surface area (Å²) in [6.07, 6.45) is 1.31. The molecule has 0 fully saturated rings. The molecule has 1 aromatic carbocycles. The molecule has 0 radical (unpaired) electrons. The van der Waals surface area contributed by atoms with Gasteiger partial charge in [-0.15, -0.1) is 0 Å². The predicted octanol–water partition coefficient (Wildman–Crippen LogP) is 2.46. The number of rotatable bonds is 5. The van der Waals surface area contributed by atoms with Gasteiger partial charge in [-0.25, -0.2) is 9.78 Å². The minimum atomic E-state index is -0.761. The molecule has 3 aromatic rings. The fourth-order valence-electron chi connectivity index (χ4n) is 2.75. The van der Waals surface area contributed by atoms with Crippen LogP contribution in [0.3, 0.4) is 0 Å². The number of esters is 1. The van der Waals surface area contributed by atoms with Crippen LogP contribution in [0.15, 0.2) is 47.4 Å². The van der Waals surface area contributed by atoms with Crippen molar-refractivity contribution in [2.75, 3.05) is 7.11 Å². The maximum Gasteiger partial charge on any atom is 0.343 e. The number of pyridine rings is 2. The van der Waals surface area contributed by atoms with Crippen LogP contribution in [0.4, 0.5) is 0 Å². The molecule has 0 aliphatic heterocycles. The van der Waals surface area contributed by atoms with Gasteiger partial charge in [0.05, 0.1) is 12.5 Å². The van der Waals surface area contributed by atoms with Crippen molar-refractivity contribution in [2.45, 2.75) is 20.0 Å². The SMILES string of the molecule is COC(=O)c1cn(CC(=O)NCc2ccc(Cl)cc2)c2nc(C)ccc2c1=O. The lowest BCUT2D eigenvalue weighted by molar-refractivity contribution is -0.121. The third-order valence-electron chi connectivity index (χ3n) is 4.18. The number of aryl methyl sites for hydroxylation is 1. The van der Waals surface area contributed by atoms with E-state index in [1.54, 1.807) is 31.2 Å². The minimum absolute atomic E-state index is 0.106. The van der Waals surface area contributed by atoms with Gasteiger partial charge in [0.1, 0.15) is 17.8 Å². The number of halogens is 1. The molecule has 1 N–H and O–H groups in total. The van der Waals surface area contributed by atoms with Crippen LogP contribution in [0.5, 0.6) is 0 Å². The number of nitrogens with zero attached hydrogens (tertiary/aromatic N) is 2. The molecule has 8 heteroatoms. The van der Waals surface area contributed by atoms with Crippen molar-refractivity contribution in [2.24, 2.45) is 0 Å². The number of ether oxygens (including phenoxy) is 1. The van der Waals surface area contributed by atoms with Gasteiger partial charge >= 0.3 is 5.97 Å². The second-order valence-electron chi connectivity index (χ2n) is 6.22. The van der Waals surface area contributed by atoms with Gasteiger partial charge in [0.25, 0.3) is 0 Å². The van der Waals surface area contributed by atoms with Crippen LogP contribution in [0.1, 0.15) is 21.6 Å². The smallest absolute Gasteiger partial charge is 0.343 e. The second-order valence-corrected chi connectivity index (χ2v) is 6.65. The molecule has 0 aliphatic rings. The Morgan fingerprint density at radius 3 is 2.57 bits per heavy atom. The molecule has 0 saturated heterocycles. The lowest BCUT2D eigenvalue weighted by Crippen LogP contribution is -2.29. The third-order valence-corrected chi connectivity index (χ3v) is 4.43. The fraction of sp³-hybridized carbons (Fsp3) is 0.200. The Hall–Kier alpha value is -3.19. The van der Waals surface area contributed by atoms with E-state index >= 15 is 0 Å². The minimum Gasteiger partial charge on any atom is -0.465 e. The number of fused-ring (bicyclic) bond motifs is 1. The van der Waals surface area contributed by atoms with Gasteiger partial charge in [0, 0.05) is 23.5 Å². The number of carbonyl (C=O) groups is 2. The molecule has 0 saturated carbocycles. The molecular formula is C20H18ClN3O4. The number of aromatic nitrogens is 2. The first kappa shape index (κ1) is 19.6. The normalized spacial score (nSPS) is 10.7. The largest absolute Gasteiger partial charge is 0.465 e. The lowest BCUT2D eigenvalue weighted by Gasteiger charge is -2.13. The molecule has 144 valence electrons. The van der Waals surface area contributed by atoms with Gasteiger partial charge < -0.3 is 14.6 Å². The van der Waals surface area contributed by atoms with Gasteiger partial charge in [-0.3, -0.25) is 9.59 Å². The van der Waals surface area contributed by atoms with E-state index in [2.05, 4.69) is 15.0 Å². The van der Waals surface area contributed by atoms with E-state index in [1.807, 2.05) is 12.1 Å². The van der Waals surface area contributed by atoms with E-state index in [9.17, 15) is 14.4 Å². The molecule has 0 spiro atoms. The number of amides is 1. The van der Waals surface area contributed by atoms with E-state index < -0.39 is 11.4 Å². The van der Waals surface area contributed by atoms with Gasteiger partial charge in [0.15, 0.2) is 0 Å².